The smallest absolute Gasteiger partial charge is 0.242 e. The summed E-state index contributed by atoms with van der Waals surface area (Å²) in [4.78, 5) is 10.5. The lowest BCUT2D eigenvalue weighted by atomic mass is 10.2. The Morgan fingerprint density at radius 1 is 1.37 bits per heavy atom. The molecule has 0 aliphatic carbocycles. The first-order valence-electron chi connectivity index (χ1n) is 6.75. The van der Waals surface area contributed by atoms with Crippen LogP contribution in [0.4, 0.5) is 11.5 Å². The first-order valence-corrected chi connectivity index (χ1v) is 6.75. The Balaban J connectivity index is 2.19. The van der Waals surface area contributed by atoms with Crippen molar-refractivity contribution >= 4 is 11.5 Å². The summed E-state index contributed by atoms with van der Waals surface area (Å²) in [5.41, 5.74) is 6.62. The predicted molar refractivity (Wildman–Crippen MR) is 74.5 cm³/mol. The second-order valence-corrected chi connectivity index (χ2v) is 4.93. The van der Waals surface area contributed by atoms with Crippen LogP contribution in [-0.2, 0) is 4.74 Å². The lowest BCUT2D eigenvalue weighted by Crippen LogP contribution is -2.46. The summed E-state index contributed by atoms with van der Waals surface area (Å²) < 4.78 is 11.3. The molecule has 1 aliphatic rings. The summed E-state index contributed by atoms with van der Waals surface area (Å²) in [6.45, 7) is 8.31. The van der Waals surface area contributed by atoms with E-state index in [2.05, 4.69) is 28.7 Å². The summed E-state index contributed by atoms with van der Waals surface area (Å²) >= 11 is 0. The number of morpholine rings is 1. The van der Waals surface area contributed by atoms with E-state index in [1.54, 1.807) is 0 Å². The van der Waals surface area contributed by atoms with Gasteiger partial charge in [0.2, 0.25) is 5.88 Å². The van der Waals surface area contributed by atoms with Crippen molar-refractivity contribution in [1.29, 1.82) is 0 Å². The molecule has 1 aromatic heterocycles. The summed E-state index contributed by atoms with van der Waals surface area (Å²) in [5.74, 6) is 1.21. The molecule has 0 unspecified atom stereocenters. The minimum absolute atomic E-state index is 0.165. The highest BCUT2D eigenvalue weighted by atomic mass is 16.5. The maximum absolute atomic E-state index is 6.11. The molecule has 1 aromatic rings. The number of hydrogen-bond acceptors (Lipinski definition) is 6. The van der Waals surface area contributed by atoms with Crippen molar-refractivity contribution in [2.24, 2.45) is 0 Å². The molecule has 2 N–H and O–H groups in total. The third-order valence-electron chi connectivity index (χ3n) is 2.99. The van der Waals surface area contributed by atoms with Crippen LogP contribution in [0, 0.1) is 0 Å². The Morgan fingerprint density at radius 2 is 2.05 bits per heavy atom. The van der Waals surface area contributed by atoms with Crippen molar-refractivity contribution in [2.45, 2.75) is 39.4 Å². The minimum atomic E-state index is 0.165. The molecule has 6 nitrogen and oxygen atoms in total. The fraction of sp³-hybridized carbons (Fsp3) is 0.692. The number of aromatic nitrogens is 2. The van der Waals surface area contributed by atoms with Crippen LogP contribution in [-0.4, -0.2) is 41.9 Å². The first-order chi connectivity index (χ1) is 9.11. The SMILES string of the molecule is CCCOc1ncnc(N2C[C@@H](C)O[C@@H](C)C2)c1N. The van der Waals surface area contributed by atoms with E-state index >= 15 is 0 Å². The van der Waals surface area contributed by atoms with Gasteiger partial charge in [0.05, 0.1) is 18.8 Å². The van der Waals surface area contributed by atoms with Gasteiger partial charge in [-0.2, -0.15) is 4.98 Å². The van der Waals surface area contributed by atoms with Crippen LogP contribution in [0.1, 0.15) is 27.2 Å². The molecule has 0 saturated carbocycles. The fourth-order valence-corrected chi connectivity index (χ4v) is 2.29. The van der Waals surface area contributed by atoms with Gasteiger partial charge in [0.1, 0.15) is 12.0 Å². The molecule has 0 spiro atoms. The van der Waals surface area contributed by atoms with Gasteiger partial charge in [-0.15, -0.1) is 0 Å². The van der Waals surface area contributed by atoms with E-state index in [0.29, 0.717) is 18.2 Å². The average Bonchev–Trinajstić information content (AvgIpc) is 2.36. The van der Waals surface area contributed by atoms with Crippen molar-refractivity contribution < 1.29 is 9.47 Å². The average molecular weight is 266 g/mol. The van der Waals surface area contributed by atoms with E-state index in [9.17, 15) is 0 Å². The van der Waals surface area contributed by atoms with Crippen molar-refractivity contribution in [3.05, 3.63) is 6.33 Å². The van der Waals surface area contributed by atoms with Crippen LogP contribution in [0.25, 0.3) is 0 Å². The van der Waals surface area contributed by atoms with E-state index in [4.69, 9.17) is 15.2 Å². The number of nitrogens with two attached hydrogens (primary N) is 1. The molecule has 19 heavy (non-hydrogen) atoms. The molecule has 1 aliphatic heterocycles. The Hall–Kier alpha value is -1.56. The van der Waals surface area contributed by atoms with Crippen molar-refractivity contribution in [3.8, 4) is 5.88 Å². The zero-order valence-electron chi connectivity index (χ0n) is 11.8. The van der Waals surface area contributed by atoms with Gasteiger partial charge in [0.25, 0.3) is 0 Å². The molecule has 1 fully saturated rings. The van der Waals surface area contributed by atoms with E-state index in [0.717, 1.165) is 25.3 Å². The van der Waals surface area contributed by atoms with Gasteiger partial charge in [-0.3, -0.25) is 0 Å². The molecule has 2 heterocycles. The number of nitrogens with zero attached hydrogens (tertiary/aromatic N) is 3. The third kappa shape index (κ3) is 3.26. The molecular weight excluding hydrogens is 244 g/mol. The van der Waals surface area contributed by atoms with Crippen LogP contribution in [0.3, 0.4) is 0 Å². The summed E-state index contributed by atoms with van der Waals surface area (Å²) in [5, 5.41) is 0. The molecular formula is C13H22N4O2. The normalized spacial score (nSPS) is 23.4. The highest BCUT2D eigenvalue weighted by Gasteiger charge is 2.25. The molecule has 0 radical (unpaired) electrons. The van der Waals surface area contributed by atoms with E-state index in [1.165, 1.54) is 6.33 Å². The van der Waals surface area contributed by atoms with E-state index < -0.39 is 0 Å². The number of anilines is 2. The minimum Gasteiger partial charge on any atom is -0.476 e. The lowest BCUT2D eigenvalue weighted by Gasteiger charge is -2.36. The zero-order chi connectivity index (χ0) is 13.8. The highest BCUT2D eigenvalue weighted by molar-refractivity contribution is 5.67. The fourth-order valence-electron chi connectivity index (χ4n) is 2.29. The third-order valence-corrected chi connectivity index (χ3v) is 2.99. The molecule has 0 bridgehead atoms. The molecule has 6 heteroatoms. The monoisotopic (exact) mass is 266 g/mol. The number of rotatable bonds is 4. The largest absolute Gasteiger partial charge is 0.476 e. The van der Waals surface area contributed by atoms with Gasteiger partial charge < -0.3 is 20.1 Å². The van der Waals surface area contributed by atoms with Crippen molar-refractivity contribution in [1.82, 2.24) is 9.97 Å². The first kappa shape index (κ1) is 13.9. The van der Waals surface area contributed by atoms with E-state index in [1.807, 2.05) is 6.92 Å². The van der Waals surface area contributed by atoms with Gasteiger partial charge >= 0.3 is 0 Å². The van der Waals surface area contributed by atoms with Crippen LogP contribution < -0.4 is 15.4 Å². The van der Waals surface area contributed by atoms with Gasteiger partial charge in [0, 0.05) is 13.1 Å². The number of ether oxygens (including phenoxy) is 2. The van der Waals surface area contributed by atoms with Crippen molar-refractivity contribution in [3.63, 3.8) is 0 Å². The maximum Gasteiger partial charge on any atom is 0.242 e. The number of nitrogen functional groups attached to an aromatic ring is 1. The molecule has 0 amide bonds. The second-order valence-electron chi connectivity index (χ2n) is 4.93. The molecule has 106 valence electrons. The second kappa shape index (κ2) is 6.06. The van der Waals surface area contributed by atoms with Gasteiger partial charge in [-0.05, 0) is 20.3 Å². The molecule has 2 rings (SSSR count). The number of hydrogen-bond donors (Lipinski definition) is 1. The van der Waals surface area contributed by atoms with E-state index in [-0.39, 0.29) is 12.2 Å². The molecule has 2 atom stereocenters. The zero-order valence-corrected chi connectivity index (χ0v) is 11.8. The highest BCUT2D eigenvalue weighted by Crippen LogP contribution is 2.29. The Morgan fingerprint density at radius 3 is 2.68 bits per heavy atom. The standard InChI is InChI=1S/C13H22N4O2/c1-4-5-18-13-11(14)12(15-8-16-13)17-6-9(2)19-10(3)7-17/h8-10H,4-7,14H2,1-3H3/t9-,10+. The predicted octanol–water partition coefficient (Wildman–Crippen LogP) is 1.46. The Labute approximate surface area is 113 Å². The van der Waals surface area contributed by atoms with Crippen LogP contribution in [0.2, 0.25) is 0 Å². The summed E-state index contributed by atoms with van der Waals surface area (Å²) in [6, 6.07) is 0. The van der Waals surface area contributed by atoms with Crippen LogP contribution in [0.15, 0.2) is 6.33 Å². The molecule has 0 aromatic carbocycles. The van der Waals surface area contributed by atoms with Crippen LogP contribution >= 0.6 is 0 Å². The van der Waals surface area contributed by atoms with Gasteiger partial charge in [-0.25, -0.2) is 4.98 Å². The Kier molecular flexibility index (Phi) is 4.42. The van der Waals surface area contributed by atoms with Gasteiger partial charge in [-0.1, -0.05) is 6.92 Å². The van der Waals surface area contributed by atoms with Crippen molar-refractivity contribution in [2.75, 3.05) is 30.3 Å². The quantitative estimate of drug-likeness (QED) is 0.889. The Bertz CT molecular complexity index is 417. The van der Waals surface area contributed by atoms with Crippen LogP contribution in [0.5, 0.6) is 5.88 Å². The summed E-state index contributed by atoms with van der Waals surface area (Å²) in [6.07, 6.45) is 2.75. The lowest BCUT2D eigenvalue weighted by molar-refractivity contribution is -0.00543. The topological polar surface area (TPSA) is 73.5 Å². The maximum atomic E-state index is 6.11. The van der Waals surface area contributed by atoms with Gasteiger partial charge in [0.15, 0.2) is 5.82 Å². The molecule has 1 saturated heterocycles. The summed E-state index contributed by atoms with van der Waals surface area (Å²) in [7, 11) is 0.